The number of imide groups is 1. The summed E-state index contributed by atoms with van der Waals surface area (Å²) in [5.41, 5.74) is 3.88. The van der Waals surface area contributed by atoms with Gasteiger partial charge in [0.2, 0.25) is 23.5 Å². The number of carbonyl (C=O) groups excluding carboxylic acids is 2. The Hall–Kier alpha value is -5.55. The van der Waals surface area contributed by atoms with E-state index in [-0.39, 0.29) is 29.2 Å². The Morgan fingerprint density at radius 2 is 1.79 bits per heavy atom. The summed E-state index contributed by atoms with van der Waals surface area (Å²) in [4.78, 5) is 54.5. The number of piperidine rings is 2. The van der Waals surface area contributed by atoms with Crippen LogP contribution in [0, 0.1) is 17.8 Å². The molecule has 0 spiro atoms. The minimum Gasteiger partial charge on any atom is -0.480 e. The van der Waals surface area contributed by atoms with Gasteiger partial charge in [0.15, 0.2) is 12.4 Å². The van der Waals surface area contributed by atoms with Gasteiger partial charge in [0.25, 0.3) is 5.56 Å². The van der Waals surface area contributed by atoms with Crippen molar-refractivity contribution in [3.8, 4) is 5.75 Å². The molecule has 0 radical (unpaired) electrons. The Balaban J connectivity index is 0.736. The molecule has 5 atom stereocenters. The standard InChI is InChI=1S/C44H48ClF2N11O4/c1-54-32-9-5-25(17-30(32)37-38(42(54)61)62-22-44(46,47)39(51-37)23-3-4-23)49-40-31(45)20-48-43(52-40)58-12-11-24(29-19-34(29)58)21-56-13-15-57(16-14-56)26-6-7-27-33(18-26)55(2)53-36(27)28-8-10-35(59)50-41(28)60/h5-7,9,17-18,20,23-24,28-29,34,39,51H,3-4,8,10-16,19,21-22H2,1-2H3,(H,48,49,52)(H,50,59,60). The van der Waals surface area contributed by atoms with Crippen LogP contribution >= 0.6 is 11.6 Å². The van der Waals surface area contributed by atoms with Gasteiger partial charge in [0.1, 0.15) is 5.02 Å². The molecule has 3 saturated heterocycles. The van der Waals surface area contributed by atoms with Gasteiger partial charge in [-0.1, -0.05) is 11.6 Å². The number of ether oxygens (including phenoxy) is 1. The number of hydrogen-bond donors (Lipinski definition) is 3. The first kappa shape index (κ1) is 39.3. The number of alkyl halides is 2. The summed E-state index contributed by atoms with van der Waals surface area (Å²) >= 11 is 6.68. The topological polar surface area (TPSA) is 155 Å². The van der Waals surface area contributed by atoms with E-state index in [0.717, 1.165) is 74.4 Å². The summed E-state index contributed by atoms with van der Waals surface area (Å²) in [7, 11) is 3.52. The molecule has 62 heavy (non-hydrogen) atoms. The number of halogens is 3. The average molecular weight is 868 g/mol. The molecule has 18 heteroatoms. The zero-order valence-electron chi connectivity index (χ0n) is 34.5. The fraction of sp³-hybridized carbons (Fsp3) is 0.500. The number of hydrogen-bond acceptors (Lipinski definition) is 12. The van der Waals surface area contributed by atoms with E-state index in [1.165, 1.54) is 4.57 Å². The normalized spacial score (nSPS) is 26.0. The monoisotopic (exact) mass is 867 g/mol. The quantitative estimate of drug-likeness (QED) is 0.172. The highest BCUT2D eigenvalue weighted by Gasteiger charge is 2.52. The molecular weight excluding hydrogens is 820 g/mol. The van der Waals surface area contributed by atoms with Gasteiger partial charge in [-0.25, -0.2) is 13.8 Å². The Morgan fingerprint density at radius 3 is 2.58 bits per heavy atom. The molecule has 2 aromatic carbocycles. The van der Waals surface area contributed by atoms with Crippen molar-refractivity contribution < 1.29 is 23.1 Å². The van der Waals surface area contributed by atoms with Crippen LogP contribution in [0.3, 0.4) is 0 Å². The number of anilines is 5. The average Bonchev–Trinajstić information content (AvgIpc) is 4.20. The minimum atomic E-state index is -3.13. The summed E-state index contributed by atoms with van der Waals surface area (Å²) in [6, 6.07) is 11.0. The first-order valence-electron chi connectivity index (χ1n) is 21.7. The molecule has 15 nitrogen and oxygen atoms in total. The van der Waals surface area contributed by atoms with Crippen molar-refractivity contribution >= 4 is 74.0 Å². The molecule has 3 aromatic heterocycles. The van der Waals surface area contributed by atoms with E-state index in [0.29, 0.717) is 76.9 Å². The molecule has 4 aliphatic heterocycles. The summed E-state index contributed by atoms with van der Waals surface area (Å²) in [6.07, 6.45) is 5.95. The van der Waals surface area contributed by atoms with Crippen molar-refractivity contribution in [1.29, 1.82) is 0 Å². The number of nitrogens with zero attached hydrogens (tertiary/aromatic N) is 8. The minimum absolute atomic E-state index is 0.101. The smallest absolute Gasteiger partial charge is 0.301 e. The molecule has 3 N–H and O–H groups in total. The molecule has 2 saturated carbocycles. The van der Waals surface area contributed by atoms with Gasteiger partial charge >= 0.3 is 5.92 Å². The lowest BCUT2D eigenvalue weighted by atomic mass is 9.93. The van der Waals surface area contributed by atoms with E-state index in [1.54, 1.807) is 19.3 Å². The van der Waals surface area contributed by atoms with Crippen LogP contribution in [0.25, 0.3) is 21.8 Å². The van der Waals surface area contributed by atoms with Gasteiger partial charge in [-0.2, -0.15) is 10.1 Å². The number of benzene rings is 2. The summed E-state index contributed by atoms with van der Waals surface area (Å²) in [5, 5.41) is 15.5. The van der Waals surface area contributed by atoms with Crippen LogP contribution in [0.2, 0.25) is 5.02 Å². The van der Waals surface area contributed by atoms with E-state index in [9.17, 15) is 14.4 Å². The van der Waals surface area contributed by atoms with Crippen LogP contribution in [-0.4, -0.2) is 105 Å². The molecule has 2 amide bonds. The Morgan fingerprint density at radius 1 is 0.968 bits per heavy atom. The number of nitrogens with one attached hydrogen (secondary N) is 3. The van der Waals surface area contributed by atoms with Crippen LogP contribution < -0.4 is 36.0 Å². The molecule has 5 aromatic rings. The number of rotatable bonds is 8. The Labute approximate surface area is 360 Å². The van der Waals surface area contributed by atoms with E-state index in [1.807, 2.05) is 23.9 Å². The fourth-order valence-corrected chi connectivity index (χ4v) is 10.6. The fourth-order valence-electron chi connectivity index (χ4n) is 10.4. The molecule has 2 aliphatic carbocycles. The molecule has 6 aliphatic rings. The lowest BCUT2D eigenvalue weighted by Gasteiger charge is -2.39. The maximum Gasteiger partial charge on any atom is 0.301 e. The van der Waals surface area contributed by atoms with E-state index < -0.39 is 30.0 Å². The number of carbonyl (C=O) groups is 2. The number of fused-ring (bicyclic) bond motifs is 5. The second-order valence-electron chi connectivity index (χ2n) is 18.0. The second kappa shape index (κ2) is 14.8. The third-order valence-corrected chi connectivity index (χ3v) is 14.4. The predicted molar refractivity (Wildman–Crippen MR) is 232 cm³/mol. The van der Waals surface area contributed by atoms with Gasteiger partial charge < -0.3 is 29.7 Å². The molecule has 11 rings (SSSR count). The van der Waals surface area contributed by atoms with Gasteiger partial charge in [-0.05, 0) is 86.3 Å². The third-order valence-electron chi connectivity index (χ3n) is 14.1. The SMILES string of the molecule is Cn1nc(C2CCC(=O)NC2=O)c2ccc(N3CCN(CC4CCN(c5ncc(Cl)c(Nc6ccc7c(c6)c6c(c(=O)n7C)OCC(F)(F)C(C7CC7)N6)n5)C5CC45)CC3)cc21. The highest BCUT2D eigenvalue weighted by Crippen LogP contribution is 2.49. The summed E-state index contributed by atoms with van der Waals surface area (Å²) in [5.74, 6) is -2.13. The molecule has 0 bridgehead atoms. The lowest BCUT2D eigenvalue weighted by Crippen LogP contribution is -2.49. The molecule has 324 valence electrons. The zero-order chi connectivity index (χ0) is 42.6. The van der Waals surface area contributed by atoms with Crippen LogP contribution in [0.1, 0.15) is 50.1 Å². The number of amides is 2. The van der Waals surface area contributed by atoms with Gasteiger partial charge in [0.05, 0.1) is 40.6 Å². The maximum atomic E-state index is 15.2. The summed E-state index contributed by atoms with van der Waals surface area (Å²) in [6.45, 7) is 4.84. The number of pyridine rings is 1. The highest BCUT2D eigenvalue weighted by atomic mass is 35.5. The zero-order valence-corrected chi connectivity index (χ0v) is 35.3. The number of aromatic nitrogens is 5. The van der Waals surface area contributed by atoms with Crippen LogP contribution in [0.4, 0.5) is 37.6 Å². The molecular formula is C44H48ClF2N11O4. The van der Waals surface area contributed by atoms with Crippen molar-refractivity contribution in [3.05, 3.63) is 63.7 Å². The van der Waals surface area contributed by atoms with Crippen LogP contribution in [0.15, 0.2) is 47.4 Å². The molecule has 5 unspecified atom stereocenters. The predicted octanol–water partition coefficient (Wildman–Crippen LogP) is 5.39. The van der Waals surface area contributed by atoms with Crippen molar-refractivity contribution in [2.24, 2.45) is 31.8 Å². The number of aryl methyl sites for hydroxylation is 2. The van der Waals surface area contributed by atoms with Crippen molar-refractivity contribution in [1.82, 2.24) is 34.5 Å². The van der Waals surface area contributed by atoms with E-state index in [4.69, 9.17) is 26.4 Å². The number of piperazine rings is 1. The molecule has 7 heterocycles. The highest BCUT2D eigenvalue weighted by molar-refractivity contribution is 6.33. The summed E-state index contributed by atoms with van der Waals surface area (Å²) < 4.78 is 39.2. The second-order valence-corrected chi connectivity index (χ2v) is 18.4. The van der Waals surface area contributed by atoms with Crippen molar-refractivity contribution in [3.63, 3.8) is 0 Å². The maximum absolute atomic E-state index is 15.2. The van der Waals surface area contributed by atoms with Crippen molar-refractivity contribution in [2.45, 2.75) is 62.4 Å². The van der Waals surface area contributed by atoms with Gasteiger partial charge in [0, 0.05) is 88.0 Å². The first-order valence-corrected chi connectivity index (χ1v) is 22.1. The Bertz CT molecular complexity index is 2710. The van der Waals surface area contributed by atoms with Gasteiger partial charge in [-0.3, -0.25) is 29.3 Å². The first-order chi connectivity index (χ1) is 29.9. The third kappa shape index (κ3) is 6.87. The van der Waals surface area contributed by atoms with Gasteiger partial charge in [-0.15, -0.1) is 0 Å². The van der Waals surface area contributed by atoms with Crippen LogP contribution in [0.5, 0.6) is 5.75 Å². The largest absolute Gasteiger partial charge is 0.480 e. The Kier molecular flexibility index (Phi) is 9.37. The van der Waals surface area contributed by atoms with Crippen molar-refractivity contribution in [2.75, 3.05) is 66.3 Å². The van der Waals surface area contributed by atoms with E-state index in [2.05, 4.69) is 53.8 Å². The van der Waals surface area contributed by atoms with Crippen LogP contribution in [-0.2, 0) is 23.7 Å². The van der Waals surface area contributed by atoms with E-state index >= 15 is 8.78 Å². The molecule has 5 fully saturated rings. The lowest BCUT2D eigenvalue weighted by molar-refractivity contribution is -0.134.